The molecule has 0 bridgehead atoms. The molecule has 0 N–H and O–H groups in total. The van der Waals surface area contributed by atoms with Gasteiger partial charge in [0.15, 0.2) is 10.4 Å². The highest BCUT2D eigenvalue weighted by molar-refractivity contribution is 9.10. The van der Waals surface area contributed by atoms with E-state index in [1.807, 2.05) is 0 Å². The average Bonchev–Trinajstić information content (AvgIpc) is 2.51. The Morgan fingerprint density at radius 2 is 2.15 bits per heavy atom. The molecule has 0 fully saturated rings. The minimum atomic E-state index is -0.266. The second-order valence-electron chi connectivity index (χ2n) is 2.60. The summed E-state index contributed by atoms with van der Waals surface area (Å²) in [6, 6.07) is 3.18. The summed E-state index contributed by atoms with van der Waals surface area (Å²) in [7, 11) is 0. The van der Waals surface area contributed by atoms with Crippen molar-refractivity contribution in [3.63, 3.8) is 0 Å². The SMILES string of the molecule is CCC(=O)CC(=O)c1ccc(Br)o1. The summed E-state index contributed by atoms with van der Waals surface area (Å²) in [5, 5.41) is 0. The zero-order chi connectivity index (χ0) is 9.84. The Kier molecular flexibility index (Phi) is 3.42. The van der Waals surface area contributed by atoms with E-state index >= 15 is 0 Å². The molecule has 0 atom stereocenters. The van der Waals surface area contributed by atoms with Crippen LogP contribution in [0, 0.1) is 0 Å². The van der Waals surface area contributed by atoms with Gasteiger partial charge in [-0.2, -0.15) is 0 Å². The van der Waals surface area contributed by atoms with E-state index in [0.29, 0.717) is 11.1 Å². The van der Waals surface area contributed by atoms with Crippen molar-refractivity contribution in [2.45, 2.75) is 19.8 Å². The fourth-order valence-corrected chi connectivity index (χ4v) is 1.16. The lowest BCUT2D eigenvalue weighted by atomic mass is 10.1. The minimum Gasteiger partial charge on any atom is -0.446 e. The molecule has 70 valence electrons. The maximum atomic E-state index is 11.3. The largest absolute Gasteiger partial charge is 0.446 e. The number of Topliss-reactive ketones (excluding diaryl/α,β-unsaturated/α-hetero) is 2. The van der Waals surface area contributed by atoms with Crippen LogP contribution in [0.15, 0.2) is 21.2 Å². The third kappa shape index (κ3) is 2.81. The van der Waals surface area contributed by atoms with Crippen molar-refractivity contribution < 1.29 is 14.0 Å². The highest BCUT2D eigenvalue weighted by Crippen LogP contribution is 2.15. The number of hydrogen-bond donors (Lipinski definition) is 0. The molecule has 0 amide bonds. The van der Waals surface area contributed by atoms with Crippen LogP contribution < -0.4 is 0 Å². The zero-order valence-electron chi connectivity index (χ0n) is 7.17. The number of carbonyl (C=O) groups is 2. The van der Waals surface area contributed by atoms with Crippen LogP contribution in [0.2, 0.25) is 0 Å². The average molecular weight is 245 g/mol. The Balaban J connectivity index is 2.64. The smallest absolute Gasteiger partial charge is 0.205 e. The molecule has 13 heavy (non-hydrogen) atoms. The molecule has 1 aromatic rings. The van der Waals surface area contributed by atoms with Gasteiger partial charge in [0.2, 0.25) is 5.78 Å². The van der Waals surface area contributed by atoms with Gasteiger partial charge in [0, 0.05) is 6.42 Å². The molecule has 0 radical (unpaired) electrons. The highest BCUT2D eigenvalue weighted by atomic mass is 79.9. The first-order valence-corrected chi connectivity index (χ1v) is 4.73. The van der Waals surface area contributed by atoms with Gasteiger partial charge in [-0.15, -0.1) is 0 Å². The summed E-state index contributed by atoms with van der Waals surface area (Å²) < 4.78 is 5.51. The Morgan fingerprint density at radius 1 is 1.46 bits per heavy atom. The molecule has 4 heteroatoms. The van der Waals surface area contributed by atoms with Gasteiger partial charge in [0.1, 0.15) is 5.78 Å². The van der Waals surface area contributed by atoms with E-state index in [4.69, 9.17) is 4.42 Å². The first-order valence-electron chi connectivity index (χ1n) is 3.93. The quantitative estimate of drug-likeness (QED) is 0.605. The van der Waals surface area contributed by atoms with Crippen LogP contribution in [0.5, 0.6) is 0 Å². The lowest BCUT2D eigenvalue weighted by Crippen LogP contribution is -2.05. The number of hydrogen-bond acceptors (Lipinski definition) is 3. The Bertz CT molecular complexity index is 327. The molecular formula is C9H9BrO3. The number of carbonyl (C=O) groups excluding carboxylic acids is 2. The standard InChI is InChI=1S/C9H9BrO3/c1-2-6(11)5-7(12)8-3-4-9(10)13-8/h3-4H,2,5H2,1H3. The van der Waals surface area contributed by atoms with Gasteiger partial charge in [-0.1, -0.05) is 6.92 Å². The lowest BCUT2D eigenvalue weighted by molar-refractivity contribution is -0.117. The monoisotopic (exact) mass is 244 g/mol. The van der Waals surface area contributed by atoms with Crippen LogP contribution in [-0.2, 0) is 4.79 Å². The van der Waals surface area contributed by atoms with Crippen LogP contribution >= 0.6 is 15.9 Å². The maximum absolute atomic E-state index is 11.3. The third-order valence-corrected chi connectivity index (χ3v) is 2.03. The summed E-state index contributed by atoms with van der Waals surface area (Å²) in [5.74, 6) is -0.108. The minimum absolute atomic E-state index is 0.0717. The Labute approximate surface area is 84.2 Å². The van der Waals surface area contributed by atoms with Crippen LogP contribution in [0.25, 0.3) is 0 Å². The van der Waals surface area contributed by atoms with Crippen molar-refractivity contribution in [1.82, 2.24) is 0 Å². The molecular weight excluding hydrogens is 236 g/mol. The summed E-state index contributed by atoms with van der Waals surface area (Å²) in [6.07, 6.45) is 0.310. The number of rotatable bonds is 4. The first kappa shape index (κ1) is 10.2. The molecule has 0 saturated heterocycles. The lowest BCUT2D eigenvalue weighted by Gasteiger charge is -1.93. The molecule has 3 nitrogen and oxygen atoms in total. The Hall–Kier alpha value is -0.900. The van der Waals surface area contributed by atoms with Crippen LogP contribution in [0.1, 0.15) is 30.3 Å². The third-order valence-electron chi connectivity index (χ3n) is 1.60. The molecule has 0 unspecified atom stereocenters. The van der Waals surface area contributed by atoms with E-state index in [1.54, 1.807) is 19.1 Å². The fraction of sp³-hybridized carbons (Fsp3) is 0.333. The molecule has 1 rings (SSSR count). The van der Waals surface area contributed by atoms with Crippen molar-refractivity contribution in [3.05, 3.63) is 22.6 Å². The summed E-state index contributed by atoms with van der Waals surface area (Å²) >= 11 is 3.08. The van der Waals surface area contributed by atoms with E-state index in [9.17, 15) is 9.59 Å². The number of furan rings is 1. The van der Waals surface area contributed by atoms with Gasteiger partial charge in [-0.25, -0.2) is 0 Å². The zero-order valence-corrected chi connectivity index (χ0v) is 8.76. The van der Waals surface area contributed by atoms with Crippen molar-refractivity contribution in [3.8, 4) is 0 Å². The predicted octanol–water partition coefficient (Wildman–Crippen LogP) is 2.59. The first-order chi connectivity index (χ1) is 6.13. The number of halogens is 1. The topological polar surface area (TPSA) is 47.3 Å². The molecule has 0 aliphatic heterocycles. The van der Waals surface area contributed by atoms with Crippen LogP contribution in [0.4, 0.5) is 0 Å². The Morgan fingerprint density at radius 3 is 2.62 bits per heavy atom. The molecule has 0 aromatic carbocycles. The van der Waals surface area contributed by atoms with Crippen molar-refractivity contribution >= 4 is 27.5 Å². The predicted molar refractivity (Wildman–Crippen MR) is 50.7 cm³/mol. The van der Waals surface area contributed by atoms with Gasteiger partial charge >= 0.3 is 0 Å². The normalized spacial score (nSPS) is 10.0. The van der Waals surface area contributed by atoms with Gasteiger partial charge in [-0.3, -0.25) is 9.59 Å². The fourth-order valence-electron chi connectivity index (χ4n) is 0.855. The van der Waals surface area contributed by atoms with E-state index in [-0.39, 0.29) is 23.7 Å². The van der Waals surface area contributed by atoms with E-state index in [0.717, 1.165) is 0 Å². The van der Waals surface area contributed by atoms with Crippen LogP contribution in [0.3, 0.4) is 0 Å². The second-order valence-corrected chi connectivity index (χ2v) is 3.38. The molecule has 0 aliphatic carbocycles. The molecule has 0 spiro atoms. The van der Waals surface area contributed by atoms with Crippen molar-refractivity contribution in [2.24, 2.45) is 0 Å². The maximum Gasteiger partial charge on any atom is 0.205 e. The molecule has 0 aliphatic rings. The van der Waals surface area contributed by atoms with Gasteiger partial charge in [0.25, 0.3) is 0 Å². The van der Waals surface area contributed by atoms with E-state index in [2.05, 4.69) is 15.9 Å². The van der Waals surface area contributed by atoms with Crippen LogP contribution in [-0.4, -0.2) is 11.6 Å². The summed E-state index contributed by atoms with van der Waals surface area (Å²) in [6.45, 7) is 1.73. The van der Waals surface area contributed by atoms with Gasteiger partial charge < -0.3 is 4.42 Å². The number of ketones is 2. The van der Waals surface area contributed by atoms with E-state index in [1.165, 1.54) is 0 Å². The van der Waals surface area contributed by atoms with Gasteiger partial charge in [0.05, 0.1) is 6.42 Å². The molecule has 0 saturated carbocycles. The highest BCUT2D eigenvalue weighted by Gasteiger charge is 2.13. The van der Waals surface area contributed by atoms with E-state index < -0.39 is 0 Å². The summed E-state index contributed by atoms with van der Waals surface area (Å²) in [4.78, 5) is 22.2. The second kappa shape index (κ2) is 4.37. The molecule has 1 aromatic heterocycles. The van der Waals surface area contributed by atoms with Crippen molar-refractivity contribution in [2.75, 3.05) is 0 Å². The molecule has 1 heterocycles. The summed E-state index contributed by atoms with van der Waals surface area (Å²) in [5.41, 5.74) is 0. The van der Waals surface area contributed by atoms with Gasteiger partial charge in [-0.05, 0) is 28.1 Å². The van der Waals surface area contributed by atoms with Crippen molar-refractivity contribution in [1.29, 1.82) is 0 Å².